The van der Waals surface area contributed by atoms with Crippen LogP contribution in [0.5, 0.6) is 0 Å². The molecule has 3 nitrogen and oxygen atoms in total. The zero-order valence-corrected chi connectivity index (χ0v) is 7.48. The molecule has 0 spiro atoms. The average molecular weight is 178 g/mol. The number of nitrogen functional groups attached to an aromatic ring is 1. The summed E-state index contributed by atoms with van der Waals surface area (Å²) in [5.41, 5.74) is 7.62. The molecule has 0 atom stereocenters. The van der Waals surface area contributed by atoms with E-state index >= 15 is 0 Å². The molecule has 1 saturated heterocycles. The fraction of sp³-hybridized carbons (Fsp3) is 0.400. The number of likely N-dealkylation sites (tertiary alicyclic amines) is 1. The van der Waals surface area contributed by atoms with Crippen LogP contribution < -0.4 is 5.73 Å². The number of nitrogens with zero attached hydrogens (tertiary/aromatic N) is 1. The minimum absolute atomic E-state index is 0.117. The predicted molar refractivity (Wildman–Crippen MR) is 52.1 cm³/mol. The van der Waals surface area contributed by atoms with Crippen LogP contribution in [0.3, 0.4) is 0 Å². The molecule has 13 heavy (non-hydrogen) atoms. The van der Waals surface area contributed by atoms with Gasteiger partial charge in [-0.2, -0.15) is 0 Å². The van der Waals surface area contributed by atoms with E-state index in [1.165, 1.54) is 5.56 Å². The highest BCUT2D eigenvalue weighted by Gasteiger charge is 2.23. The Hall–Kier alpha value is -1.06. The predicted octanol–water partition coefficient (Wildman–Crippen LogP) is 0.445. The molecule has 0 bridgehead atoms. The van der Waals surface area contributed by atoms with Crippen molar-refractivity contribution < 1.29 is 5.11 Å². The van der Waals surface area contributed by atoms with E-state index < -0.39 is 0 Å². The van der Waals surface area contributed by atoms with Crippen LogP contribution in [0.2, 0.25) is 0 Å². The standard InChI is InChI=1S/C10H14N2O/c11-9-3-1-8(2-4-9)5-12-6-10(13)7-12/h1-4,10,13H,5-7,11H2. The van der Waals surface area contributed by atoms with Crippen LogP contribution in [0.4, 0.5) is 5.69 Å². The largest absolute Gasteiger partial charge is 0.399 e. The summed E-state index contributed by atoms with van der Waals surface area (Å²) in [6.07, 6.45) is -0.117. The van der Waals surface area contributed by atoms with Crippen LogP contribution in [0, 0.1) is 0 Å². The Kier molecular flexibility index (Phi) is 2.20. The lowest BCUT2D eigenvalue weighted by molar-refractivity contribution is -0.00286. The Bertz CT molecular complexity index is 277. The van der Waals surface area contributed by atoms with Crippen molar-refractivity contribution in [3.05, 3.63) is 29.8 Å². The monoisotopic (exact) mass is 178 g/mol. The summed E-state index contributed by atoms with van der Waals surface area (Å²) in [5, 5.41) is 9.08. The Labute approximate surface area is 77.8 Å². The van der Waals surface area contributed by atoms with Gasteiger partial charge in [0.15, 0.2) is 0 Å². The van der Waals surface area contributed by atoms with E-state index in [2.05, 4.69) is 4.90 Å². The van der Waals surface area contributed by atoms with Crippen molar-refractivity contribution in [3.63, 3.8) is 0 Å². The maximum absolute atomic E-state index is 9.08. The lowest BCUT2D eigenvalue weighted by atomic mass is 10.1. The number of hydrogen-bond donors (Lipinski definition) is 2. The molecule has 1 fully saturated rings. The molecule has 0 amide bonds. The third kappa shape index (κ3) is 1.99. The summed E-state index contributed by atoms with van der Waals surface area (Å²) in [5.74, 6) is 0. The molecule has 3 N–H and O–H groups in total. The van der Waals surface area contributed by atoms with Gasteiger partial charge in [0.05, 0.1) is 6.10 Å². The highest BCUT2D eigenvalue weighted by molar-refractivity contribution is 5.39. The van der Waals surface area contributed by atoms with Gasteiger partial charge in [-0.1, -0.05) is 12.1 Å². The summed E-state index contributed by atoms with van der Waals surface area (Å²) >= 11 is 0. The third-order valence-corrected chi connectivity index (χ3v) is 2.32. The molecular weight excluding hydrogens is 164 g/mol. The van der Waals surface area contributed by atoms with Crippen molar-refractivity contribution >= 4 is 5.69 Å². The smallest absolute Gasteiger partial charge is 0.0794 e. The fourth-order valence-corrected chi connectivity index (χ4v) is 1.55. The van der Waals surface area contributed by atoms with Gasteiger partial charge in [-0.3, -0.25) is 4.90 Å². The highest BCUT2D eigenvalue weighted by atomic mass is 16.3. The number of hydrogen-bond acceptors (Lipinski definition) is 3. The molecule has 1 aliphatic heterocycles. The number of anilines is 1. The molecule has 0 radical (unpaired) electrons. The number of rotatable bonds is 2. The number of β-amino-alcohol motifs (C(OH)–C–C–N with tert-alkyl or cyclic N) is 1. The van der Waals surface area contributed by atoms with Crippen LogP contribution in [0.1, 0.15) is 5.56 Å². The zero-order chi connectivity index (χ0) is 9.26. The molecule has 0 unspecified atom stereocenters. The number of nitrogens with two attached hydrogens (primary N) is 1. The molecular formula is C10H14N2O. The summed E-state index contributed by atoms with van der Waals surface area (Å²) in [6.45, 7) is 2.51. The third-order valence-electron chi connectivity index (χ3n) is 2.32. The SMILES string of the molecule is Nc1ccc(CN2CC(O)C2)cc1. The van der Waals surface area contributed by atoms with Gasteiger partial charge in [0, 0.05) is 25.3 Å². The van der Waals surface area contributed by atoms with E-state index in [0.29, 0.717) is 0 Å². The van der Waals surface area contributed by atoms with Crippen molar-refractivity contribution in [2.45, 2.75) is 12.6 Å². The van der Waals surface area contributed by atoms with E-state index in [4.69, 9.17) is 10.8 Å². The van der Waals surface area contributed by atoms with Gasteiger partial charge in [-0.15, -0.1) is 0 Å². The first-order valence-electron chi connectivity index (χ1n) is 4.49. The van der Waals surface area contributed by atoms with Gasteiger partial charge in [0.2, 0.25) is 0 Å². The van der Waals surface area contributed by atoms with Gasteiger partial charge < -0.3 is 10.8 Å². The molecule has 3 heteroatoms. The first-order chi connectivity index (χ1) is 6.24. The molecule has 2 rings (SSSR count). The van der Waals surface area contributed by atoms with Gasteiger partial charge in [0.25, 0.3) is 0 Å². The van der Waals surface area contributed by atoms with Gasteiger partial charge >= 0.3 is 0 Å². The van der Waals surface area contributed by atoms with Crippen molar-refractivity contribution in [1.29, 1.82) is 0 Å². The maximum Gasteiger partial charge on any atom is 0.0794 e. The van der Waals surface area contributed by atoms with Crippen LogP contribution in [0.25, 0.3) is 0 Å². The quantitative estimate of drug-likeness (QED) is 0.646. The summed E-state index contributed by atoms with van der Waals surface area (Å²) in [7, 11) is 0. The normalized spacial score (nSPS) is 18.5. The second kappa shape index (κ2) is 3.36. The number of benzene rings is 1. The van der Waals surface area contributed by atoms with Crippen LogP contribution >= 0.6 is 0 Å². The summed E-state index contributed by atoms with van der Waals surface area (Å²) < 4.78 is 0. The van der Waals surface area contributed by atoms with Crippen LogP contribution in [0.15, 0.2) is 24.3 Å². The molecule has 0 saturated carbocycles. The van der Waals surface area contributed by atoms with Crippen LogP contribution in [-0.4, -0.2) is 29.2 Å². The van der Waals surface area contributed by atoms with Crippen molar-refractivity contribution in [3.8, 4) is 0 Å². The van der Waals surface area contributed by atoms with Crippen molar-refractivity contribution in [2.75, 3.05) is 18.8 Å². The van der Waals surface area contributed by atoms with Gasteiger partial charge in [-0.25, -0.2) is 0 Å². The van der Waals surface area contributed by atoms with Crippen LogP contribution in [-0.2, 0) is 6.54 Å². The molecule has 1 aromatic carbocycles. The molecule has 70 valence electrons. The first kappa shape index (κ1) is 8.53. The van der Waals surface area contributed by atoms with E-state index in [0.717, 1.165) is 25.3 Å². The Balaban J connectivity index is 1.91. The average Bonchev–Trinajstić information content (AvgIpc) is 2.06. The molecule has 1 heterocycles. The maximum atomic E-state index is 9.08. The van der Waals surface area contributed by atoms with E-state index in [-0.39, 0.29) is 6.10 Å². The lowest BCUT2D eigenvalue weighted by Crippen LogP contribution is -2.49. The zero-order valence-electron chi connectivity index (χ0n) is 7.48. The molecule has 0 aromatic heterocycles. The number of aliphatic hydroxyl groups is 1. The molecule has 1 aliphatic rings. The summed E-state index contributed by atoms with van der Waals surface area (Å²) in [6, 6.07) is 7.87. The van der Waals surface area contributed by atoms with E-state index in [9.17, 15) is 0 Å². The minimum Gasteiger partial charge on any atom is -0.399 e. The lowest BCUT2D eigenvalue weighted by Gasteiger charge is -2.35. The highest BCUT2D eigenvalue weighted by Crippen LogP contribution is 2.13. The molecule has 1 aromatic rings. The Morgan fingerprint density at radius 3 is 2.46 bits per heavy atom. The van der Waals surface area contributed by atoms with E-state index in [1.54, 1.807) is 0 Å². The van der Waals surface area contributed by atoms with Gasteiger partial charge in [0.1, 0.15) is 0 Å². The first-order valence-corrected chi connectivity index (χ1v) is 4.49. The van der Waals surface area contributed by atoms with Gasteiger partial charge in [-0.05, 0) is 17.7 Å². The summed E-state index contributed by atoms with van der Waals surface area (Å²) in [4.78, 5) is 2.20. The Morgan fingerprint density at radius 2 is 1.92 bits per heavy atom. The Morgan fingerprint density at radius 1 is 1.31 bits per heavy atom. The topological polar surface area (TPSA) is 49.5 Å². The van der Waals surface area contributed by atoms with E-state index in [1.807, 2.05) is 24.3 Å². The fourth-order valence-electron chi connectivity index (χ4n) is 1.55. The second-order valence-electron chi connectivity index (χ2n) is 3.59. The molecule has 0 aliphatic carbocycles. The van der Waals surface area contributed by atoms with Crippen molar-refractivity contribution in [1.82, 2.24) is 4.90 Å². The number of aliphatic hydroxyl groups excluding tert-OH is 1. The van der Waals surface area contributed by atoms with Crippen molar-refractivity contribution in [2.24, 2.45) is 0 Å². The second-order valence-corrected chi connectivity index (χ2v) is 3.59. The minimum atomic E-state index is -0.117.